The summed E-state index contributed by atoms with van der Waals surface area (Å²) >= 11 is 1.33. The first-order chi connectivity index (χ1) is 16.7. The Kier molecular flexibility index (Phi) is 8.82. The van der Waals surface area contributed by atoms with Crippen molar-refractivity contribution in [1.82, 2.24) is 4.31 Å². The number of hydrogen-bond acceptors (Lipinski definition) is 7. The first kappa shape index (κ1) is 26.6. The van der Waals surface area contributed by atoms with Crippen LogP contribution in [0.5, 0.6) is 0 Å². The van der Waals surface area contributed by atoms with E-state index in [1.807, 2.05) is 36.6 Å². The summed E-state index contributed by atoms with van der Waals surface area (Å²) in [5.74, 6) is -0.679. The van der Waals surface area contributed by atoms with Gasteiger partial charge in [-0.3, -0.25) is 4.79 Å². The van der Waals surface area contributed by atoms with E-state index in [0.717, 1.165) is 16.7 Å². The molecule has 0 spiro atoms. The third kappa shape index (κ3) is 5.98. The number of carbonyl (C=O) groups excluding carboxylic acids is 2. The number of esters is 1. The van der Waals surface area contributed by atoms with Crippen LogP contribution in [0, 0.1) is 6.92 Å². The van der Waals surface area contributed by atoms with Gasteiger partial charge in [-0.15, -0.1) is 11.3 Å². The van der Waals surface area contributed by atoms with E-state index in [2.05, 4.69) is 5.32 Å². The Labute approximate surface area is 210 Å². The summed E-state index contributed by atoms with van der Waals surface area (Å²) in [6, 6.07) is 13.8. The number of anilines is 1. The minimum absolute atomic E-state index is 0.0532. The highest BCUT2D eigenvalue weighted by molar-refractivity contribution is 7.89. The largest absolute Gasteiger partial charge is 0.462 e. The van der Waals surface area contributed by atoms with Crippen LogP contribution in [0.1, 0.15) is 47.1 Å². The number of hydrogen-bond donors (Lipinski definition) is 1. The van der Waals surface area contributed by atoms with Gasteiger partial charge in [-0.2, -0.15) is 4.31 Å². The number of Topliss-reactive ketones (excluding diaryl/α,β-unsaturated/α-hetero) is 1. The Morgan fingerprint density at radius 3 is 2.17 bits per heavy atom. The summed E-state index contributed by atoms with van der Waals surface area (Å²) < 4.78 is 32.0. The number of benzene rings is 2. The van der Waals surface area contributed by atoms with Crippen LogP contribution in [0.15, 0.2) is 58.8 Å². The van der Waals surface area contributed by atoms with Gasteiger partial charge in [0, 0.05) is 29.6 Å². The molecule has 0 amide bonds. The predicted molar refractivity (Wildman–Crippen MR) is 140 cm³/mol. The zero-order chi connectivity index (χ0) is 25.6. The summed E-state index contributed by atoms with van der Waals surface area (Å²) in [5, 5.41) is 5.50. The lowest BCUT2D eigenvalue weighted by Crippen LogP contribution is -2.30. The molecule has 9 heteroatoms. The molecule has 2 aromatic carbocycles. The first-order valence-electron chi connectivity index (χ1n) is 11.5. The highest BCUT2D eigenvalue weighted by Gasteiger charge is 2.23. The van der Waals surface area contributed by atoms with Crippen LogP contribution in [-0.2, 0) is 14.8 Å². The molecule has 35 heavy (non-hydrogen) atoms. The van der Waals surface area contributed by atoms with E-state index >= 15 is 0 Å². The van der Waals surface area contributed by atoms with Crippen LogP contribution in [0.2, 0.25) is 0 Å². The van der Waals surface area contributed by atoms with Crippen molar-refractivity contribution in [3.05, 3.63) is 70.6 Å². The van der Waals surface area contributed by atoms with Gasteiger partial charge in [0.25, 0.3) is 0 Å². The normalized spacial score (nSPS) is 11.5. The van der Waals surface area contributed by atoms with Gasteiger partial charge < -0.3 is 10.1 Å². The van der Waals surface area contributed by atoms with Crippen LogP contribution < -0.4 is 5.32 Å². The van der Waals surface area contributed by atoms with Gasteiger partial charge in [0.2, 0.25) is 10.0 Å². The van der Waals surface area contributed by atoms with E-state index in [1.54, 1.807) is 20.8 Å². The molecule has 3 aromatic rings. The van der Waals surface area contributed by atoms with Gasteiger partial charge in [0.05, 0.1) is 18.0 Å². The van der Waals surface area contributed by atoms with E-state index in [9.17, 15) is 18.0 Å². The Morgan fingerprint density at radius 2 is 1.60 bits per heavy atom. The molecular weight excluding hydrogens is 484 g/mol. The number of aryl methyl sites for hydroxylation is 1. The van der Waals surface area contributed by atoms with Crippen molar-refractivity contribution in [2.45, 2.75) is 32.6 Å². The highest BCUT2D eigenvalue weighted by Crippen LogP contribution is 2.36. The molecule has 0 saturated carbocycles. The fraction of sp³-hybridized carbons (Fsp3) is 0.308. The van der Waals surface area contributed by atoms with Crippen molar-refractivity contribution in [2.24, 2.45) is 0 Å². The third-order valence-corrected chi connectivity index (χ3v) is 8.56. The molecule has 0 aliphatic carbocycles. The topological polar surface area (TPSA) is 92.8 Å². The number of sulfonamides is 1. The van der Waals surface area contributed by atoms with Crippen LogP contribution in [-0.4, -0.2) is 50.7 Å². The zero-order valence-electron chi connectivity index (χ0n) is 20.3. The van der Waals surface area contributed by atoms with Crippen LogP contribution >= 0.6 is 11.3 Å². The van der Waals surface area contributed by atoms with Crippen molar-refractivity contribution in [2.75, 3.05) is 31.6 Å². The molecule has 0 bridgehead atoms. The Balaban J connectivity index is 1.80. The maximum atomic E-state index is 12.8. The summed E-state index contributed by atoms with van der Waals surface area (Å²) in [5.41, 5.74) is 3.52. The molecule has 0 saturated heterocycles. The molecule has 3 rings (SSSR count). The Morgan fingerprint density at radius 1 is 0.971 bits per heavy atom. The van der Waals surface area contributed by atoms with Gasteiger partial charge in [-0.25, -0.2) is 13.2 Å². The molecule has 1 N–H and O–H groups in total. The SMILES string of the molecule is CCOC(=O)c1c(-c2ccc(C)cc2)csc1NCC(=O)c1ccc(S(=O)(=O)N(CC)CC)cc1. The van der Waals surface area contributed by atoms with Crippen LogP contribution in [0.3, 0.4) is 0 Å². The number of carbonyl (C=O) groups is 2. The summed E-state index contributed by atoms with van der Waals surface area (Å²) in [6.07, 6.45) is 0. The second-order valence-corrected chi connectivity index (χ2v) is 10.6. The summed E-state index contributed by atoms with van der Waals surface area (Å²) in [6.45, 7) is 8.24. The zero-order valence-corrected chi connectivity index (χ0v) is 22.0. The fourth-order valence-electron chi connectivity index (χ4n) is 3.63. The van der Waals surface area contributed by atoms with Gasteiger partial charge in [0.1, 0.15) is 10.6 Å². The van der Waals surface area contributed by atoms with Crippen molar-refractivity contribution >= 4 is 38.1 Å². The van der Waals surface area contributed by atoms with Crippen molar-refractivity contribution < 1.29 is 22.7 Å². The second kappa shape index (κ2) is 11.6. The lowest BCUT2D eigenvalue weighted by molar-refractivity contribution is 0.0528. The van der Waals surface area contributed by atoms with E-state index in [0.29, 0.717) is 29.2 Å². The number of ketones is 1. The maximum Gasteiger partial charge on any atom is 0.341 e. The molecule has 0 aliphatic rings. The maximum absolute atomic E-state index is 12.8. The second-order valence-electron chi connectivity index (χ2n) is 7.83. The lowest BCUT2D eigenvalue weighted by Gasteiger charge is -2.18. The lowest BCUT2D eigenvalue weighted by atomic mass is 10.0. The molecule has 0 fully saturated rings. The van der Waals surface area contributed by atoms with E-state index in [4.69, 9.17) is 4.74 Å². The standard InChI is InChI=1S/C26H30N2O5S2/c1-5-28(6-2)35(31,32)21-14-12-20(13-15-21)23(29)16-27-25-24(26(30)33-7-3)22(17-34-25)19-10-8-18(4)9-11-19/h8-15,17,27H,5-7,16H2,1-4H3. The average Bonchev–Trinajstić information content (AvgIpc) is 3.28. The molecule has 0 atom stereocenters. The molecule has 0 aliphatic heterocycles. The number of thiophene rings is 1. The van der Waals surface area contributed by atoms with Crippen molar-refractivity contribution in [3.8, 4) is 11.1 Å². The monoisotopic (exact) mass is 514 g/mol. The smallest absolute Gasteiger partial charge is 0.341 e. The summed E-state index contributed by atoms with van der Waals surface area (Å²) in [7, 11) is -3.59. The van der Waals surface area contributed by atoms with Gasteiger partial charge in [-0.1, -0.05) is 43.7 Å². The van der Waals surface area contributed by atoms with Crippen molar-refractivity contribution in [3.63, 3.8) is 0 Å². The van der Waals surface area contributed by atoms with Gasteiger partial charge >= 0.3 is 5.97 Å². The number of nitrogens with one attached hydrogen (secondary N) is 1. The molecule has 1 aromatic heterocycles. The predicted octanol–water partition coefficient (Wildman–Crippen LogP) is 5.23. The Bertz CT molecular complexity index is 1280. The number of rotatable bonds is 11. The molecule has 1 heterocycles. The van der Waals surface area contributed by atoms with Crippen LogP contribution in [0.25, 0.3) is 11.1 Å². The minimum atomic E-state index is -3.59. The van der Waals surface area contributed by atoms with E-state index in [-0.39, 0.29) is 23.8 Å². The van der Waals surface area contributed by atoms with E-state index in [1.165, 1.54) is 39.9 Å². The van der Waals surface area contributed by atoms with Gasteiger partial charge in [0.15, 0.2) is 5.78 Å². The molecule has 0 radical (unpaired) electrons. The van der Waals surface area contributed by atoms with Gasteiger partial charge in [-0.05, 0) is 43.7 Å². The summed E-state index contributed by atoms with van der Waals surface area (Å²) in [4.78, 5) is 25.7. The quantitative estimate of drug-likeness (QED) is 0.278. The fourth-order valence-corrected chi connectivity index (χ4v) is 6.04. The molecule has 0 unspecified atom stereocenters. The third-order valence-electron chi connectivity index (χ3n) is 5.56. The molecular formula is C26H30N2O5S2. The first-order valence-corrected chi connectivity index (χ1v) is 13.8. The molecule has 186 valence electrons. The van der Waals surface area contributed by atoms with Crippen molar-refractivity contribution in [1.29, 1.82) is 0 Å². The number of nitrogens with zero attached hydrogens (tertiary/aromatic N) is 1. The average molecular weight is 515 g/mol. The Hall–Kier alpha value is -3.01. The van der Waals surface area contributed by atoms with E-state index < -0.39 is 16.0 Å². The number of ether oxygens (including phenoxy) is 1. The highest BCUT2D eigenvalue weighted by atomic mass is 32.2. The minimum Gasteiger partial charge on any atom is -0.462 e. The molecule has 7 nitrogen and oxygen atoms in total. The van der Waals surface area contributed by atoms with Crippen LogP contribution in [0.4, 0.5) is 5.00 Å².